The van der Waals surface area contributed by atoms with Gasteiger partial charge in [0.1, 0.15) is 6.54 Å². The fourth-order valence-corrected chi connectivity index (χ4v) is 1.46. The molecule has 3 N–H and O–H groups in total. The fraction of sp³-hybridized carbons (Fsp3) is 0.300. The Morgan fingerprint density at radius 1 is 1.35 bits per heavy atom. The molecule has 10 heteroatoms. The van der Waals surface area contributed by atoms with Gasteiger partial charge in [-0.15, -0.1) is 5.10 Å². The fourth-order valence-electron chi connectivity index (χ4n) is 1.46. The van der Waals surface area contributed by atoms with E-state index in [0.29, 0.717) is 18.8 Å². The molecule has 2 aromatic rings. The molecule has 0 aliphatic rings. The molecule has 2 aromatic heterocycles. The number of aromatic nitrogens is 5. The molecule has 0 radical (unpaired) electrons. The van der Waals surface area contributed by atoms with Crippen molar-refractivity contribution < 1.29 is 14.7 Å². The van der Waals surface area contributed by atoms with Crippen LogP contribution >= 0.6 is 0 Å². The number of hydrogen-bond acceptors (Lipinski definition) is 5. The van der Waals surface area contributed by atoms with Crippen molar-refractivity contribution >= 4 is 17.7 Å². The molecule has 106 valence electrons. The predicted octanol–water partition coefficient (Wildman–Crippen LogP) is -0.619. The van der Waals surface area contributed by atoms with Gasteiger partial charge in [-0.1, -0.05) is 5.21 Å². The molecule has 0 saturated carbocycles. The Kier molecular flexibility index (Phi) is 4.27. The van der Waals surface area contributed by atoms with Crippen molar-refractivity contribution in [3.8, 4) is 0 Å². The minimum atomic E-state index is -1.00. The highest BCUT2D eigenvalue weighted by Crippen LogP contribution is 2.04. The van der Waals surface area contributed by atoms with E-state index in [0.717, 1.165) is 0 Å². The lowest BCUT2D eigenvalue weighted by Gasteiger charge is -2.05. The summed E-state index contributed by atoms with van der Waals surface area (Å²) in [5.41, 5.74) is 0.421. The maximum Gasteiger partial charge on any atom is 0.325 e. The monoisotopic (exact) mass is 279 g/mol. The van der Waals surface area contributed by atoms with E-state index in [4.69, 9.17) is 5.11 Å². The third-order valence-corrected chi connectivity index (χ3v) is 2.29. The van der Waals surface area contributed by atoms with E-state index in [2.05, 4.69) is 26.0 Å². The zero-order valence-electron chi connectivity index (χ0n) is 10.4. The van der Waals surface area contributed by atoms with E-state index in [9.17, 15) is 9.59 Å². The van der Waals surface area contributed by atoms with Crippen LogP contribution < -0.4 is 10.6 Å². The number of hydrogen-bond donors (Lipinski definition) is 3. The van der Waals surface area contributed by atoms with Crippen molar-refractivity contribution in [2.24, 2.45) is 0 Å². The molecular formula is C10H13N7O3. The summed E-state index contributed by atoms with van der Waals surface area (Å²) >= 11 is 0. The van der Waals surface area contributed by atoms with Crippen LogP contribution in [0.1, 0.15) is 0 Å². The van der Waals surface area contributed by atoms with Crippen LogP contribution in [0.25, 0.3) is 0 Å². The van der Waals surface area contributed by atoms with Gasteiger partial charge in [-0.25, -0.2) is 4.79 Å². The summed E-state index contributed by atoms with van der Waals surface area (Å²) in [6.45, 7) is 0.639. The largest absolute Gasteiger partial charge is 0.480 e. The summed E-state index contributed by atoms with van der Waals surface area (Å²) in [6, 6.07) is -0.403. The third kappa shape index (κ3) is 4.08. The van der Waals surface area contributed by atoms with Gasteiger partial charge >= 0.3 is 12.0 Å². The van der Waals surface area contributed by atoms with Gasteiger partial charge in [-0.05, 0) is 0 Å². The van der Waals surface area contributed by atoms with Crippen LogP contribution in [-0.4, -0.2) is 48.4 Å². The van der Waals surface area contributed by atoms with Crippen molar-refractivity contribution in [1.82, 2.24) is 30.1 Å². The lowest BCUT2D eigenvalue weighted by molar-refractivity contribution is -0.137. The summed E-state index contributed by atoms with van der Waals surface area (Å²) in [7, 11) is 0. The molecule has 20 heavy (non-hydrogen) atoms. The number of rotatable bonds is 6. The summed E-state index contributed by atoms with van der Waals surface area (Å²) in [5, 5.41) is 25.0. The maximum atomic E-state index is 11.6. The Labute approximate surface area is 113 Å². The summed E-state index contributed by atoms with van der Waals surface area (Å²) in [5.74, 6) is -1.00. The molecule has 0 unspecified atom stereocenters. The molecule has 0 fully saturated rings. The molecular weight excluding hydrogens is 266 g/mol. The third-order valence-electron chi connectivity index (χ3n) is 2.29. The first-order valence-electron chi connectivity index (χ1n) is 5.76. The van der Waals surface area contributed by atoms with Crippen molar-refractivity contribution in [2.75, 3.05) is 11.9 Å². The molecule has 2 amide bonds. The first kappa shape index (κ1) is 13.5. The molecule has 0 aliphatic heterocycles. The van der Waals surface area contributed by atoms with Gasteiger partial charge in [0.25, 0.3) is 0 Å². The zero-order chi connectivity index (χ0) is 14.4. The van der Waals surface area contributed by atoms with Crippen molar-refractivity contribution in [3.05, 3.63) is 24.8 Å². The van der Waals surface area contributed by atoms with Gasteiger partial charge in [0.05, 0.1) is 24.6 Å². The highest BCUT2D eigenvalue weighted by molar-refractivity contribution is 5.88. The van der Waals surface area contributed by atoms with E-state index in [1.165, 1.54) is 17.1 Å². The number of anilines is 1. The van der Waals surface area contributed by atoms with Gasteiger partial charge in [0.2, 0.25) is 0 Å². The van der Waals surface area contributed by atoms with Gasteiger partial charge in [-0.3, -0.25) is 14.2 Å². The topological polar surface area (TPSA) is 127 Å². The van der Waals surface area contributed by atoms with E-state index in [1.807, 2.05) is 0 Å². The first-order chi connectivity index (χ1) is 9.63. The number of nitrogens with zero attached hydrogens (tertiary/aromatic N) is 5. The van der Waals surface area contributed by atoms with Crippen LogP contribution in [0.2, 0.25) is 0 Å². The van der Waals surface area contributed by atoms with E-state index < -0.39 is 12.0 Å². The average molecular weight is 279 g/mol. The Morgan fingerprint density at radius 3 is 2.90 bits per heavy atom. The van der Waals surface area contributed by atoms with Crippen LogP contribution in [0.15, 0.2) is 24.8 Å². The van der Waals surface area contributed by atoms with Crippen LogP contribution in [0.4, 0.5) is 10.5 Å². The second kappa shape index (κ2) is 6.31. The van der Waals surface area contributed by atoms with Gasteiger partial charge in [0, 0.05) is 18.9 Å². The van der Waals surface area contributed by atoms with Crippen LogP contribution in [0.3, 0.4) is 0 Å². The van der Waals surface area contributed by atoms with E-state index in [-0.39, 0.29) is 6.54 Å². The quantitative estimate of drug-likeness (QED) is 0.646. The number of carbonyl (C=O) groups excluding carboxylic acids is 1. The van der Waals surface area contributed by atoms with Crippen LogP contribution in [0.5, 0.6) is 0 Å². The molecule has 0 aliphatic carbocycles. The Balaban J connectivity index is 1.73. The first-order valence-corrected chi connectivity index (χ1v) is 5.76. The van der Waals surface area contributed by atoms with Crippen molar-refractivity contribution in [3.63, 3.8) is 0 Å². The van der Waals surface area contributed by atoms with Gasteiger partial charge < -0.3 is 15.7 Å². The summed E-state index contributed by atoms with van der Waals surface area (Å²) in [4.78, 5) is 22.0. The Hall–Kier alpha value is -2.91. The summed E-state index contributed by atoms with van der Waals surface area (Å²) in [6.07, 6.45) is 6.05. The van der Waals surface area contributed by atoms with Gasteiger partial charge in [-0.2, -0.15) is 5.10 Å². The number of carbonyl (C=O) groups is 2. The Bertz CT molecular complexity index is 577. The second-order valence-corrected chi connectivity index (χ2v) is 3.87. The van der Waals surface area contributed by atoms with E-state index >= 15 is 0 Å². The smallest absolute Gasteiger partial charge is 0.325 e. The van der Waals surface area contributed by atoms with E-state index in [1.54, 1.807) is 17.1 Å². The minimum Gasteiger partial charge on any atom is -0.480 e. The molecule has 0 saturated heterocycles. The second-order valence-electron chi connectivity index (χ2n) is 3.87. The zero-order valence-corrected chi connectivity index (χ0v) is 10.4. The number of carboxylic acid groups (broad SMARTS) is 1. The molecule has 0 aromatic carbocycles. The number of carboxylic acids is 1. The van der Waals surface area contributed by atoms with Crippen LogP contribution in [0, 0.1) is 0 Å². The standard InChI is InChI=1S/C10H13N7O3/c18-9(19)7-17-6-8(5-13-17)14-10(20)11-1-3-16-4-2-12-15-16/h2,4-6H,1,3,7H2,(H,18,19)(H2,11,14,20). The molecule has 0 spiro atoms. The normalized spacial score (nSPS) is 10.2. The number of amides is 2. The lowest BCUT2D eigenvalue weighted by atomic mass is 10.5. The number of urea groups is 1. The molecule has 2 rings (SSSR count). The molecule has 0 atom stereocenters. The average Bonchev–Trinajstić information content (AvgIpc) is 3.00. The van der Waals surface area contributed by atoms with Crippen LogP contribution in [-0.2, 0) is 17.9 Å². The highest BCUT2D eigenvalue weighted by atomic mass is 16.4. The SMILES string of the molecule is O=C(O)Cn1cc(NC(=O)NCCn2ccnn2)cn1. The molecule has 2 heterocycles. The van der Waals surface area contributed by atoms with Gasteiger partial charge in [0.15, 0.2) is 0 Å². The number of aliphatic carboxylic acids is 1. The summed E-state index contributed by atoms with van der Waals surface area (Å²) < 4.78 is 2.80. The Morgan fingerprint density at radius 2 is 2.20 bits per heavy atom. The van der Waals surface area contributed by atoms with Crippen molar-refractivity contribution in [2.45, 2.75) is 13.1 Å². The van der Waals surface area contributed by atoms with Crippen molar-refractivity contribution in [1.29, 1.82) is 0 Å². The minimum absolute atomic E-state index is 0.254. The molecule has 0 bridgehead atoms. The highest BCUT2D eigenvalue weighted by Gasteiger charge is 2.05. The predicted molar refractivity (Wildman–Crippen MR) is 66.9 cm³/mol. The number of nitrogens with one attached hydrogen (secondary N) is 2. The molecule has 10 nitrogen and oxygen atoms in total. The lowest BCUT2D eigenvalue weighted by Crippen LogP contribution is -2.31. The maximum absolute atomic E-state index is 11.6.